The van der Waals surface area contributed by atoms with Crippen LogP contribution in [0.1, 0.15) is 10.4 Å². The summed E-state index contributed by atoms with van der Waals surface area (Å²) in [6.07, 6.45) is 0.735. The van der Waals surface area contributed by atoms with Gasteiger partial charge in [-0.25, -0.2) is 4.98 Å². The number of halogens is 1. The molecule has 2 aromatic carbocycles. The number of para-hydroxylation sites is 1. The second-order valence-electron chi connectivity index (χ2n) is 6.95. The van der Waals surface area contributed by atoms with Crippen molar-refractivity contribution in [3.8, 4) is 0 Å². The Labute approximate surface area is 193 Å². The highest BCUT2D eigenvalue weighted by molar-refractivity contribution is 7.99. The molecule has 0 saturated carbocycles. The molecule has 5 nitrogen and oxygen atoms in total. The van der Waals surface area contributed by atoms with E-state index in [0.717, 1.165) is 12.0 Å². The normalized spacial score (nSPS) is 11.0. The molecule has 2 aromatic heterocycles. The lowest BCUT2D eigenvalue weighted by atomic mass is 10.2. The molecule has 0 radical (unpaired) electrons. The molecular weight excluding hydrogens is 450 g/mol. The quantitative estimate of drug-likeness (QED) is 0.291. The van der Waals surface area contributed by atoms with E-state index in [9.17, 15) is 9.59 Å². The first kappa shape index (κ1) is 21.6. The number of carbonyl (C=O) groups is 1. The Morgan fingerprint density at radius 2 is 2.00 bits per heavy atom. The Bertz CT molecular complexity index is 1290. The van der Waals surface area contributed by atoms with Crippen LogP contribution in [0.3, 0.4) is 0 Å². The van der Waals surface area contributed by atoms with Gasteiger partial charge in [0.05, 0.1) is 16.7 Å². The van der Waals surface area contributed by atoms with E-state index in [-0.39, 0.29) is 17.2 Å². The number of nitrogens with one attached hydrogen (secondary N) is 1. The molecule has 1 amide bonds. The monoisotopic (exact) mass is 469 g/mol. The highest BCUT2D eigenvalue weighted by Gasteiger charge is 2.14. The molecule has 0 fully saturated rings. The van der Waals surface area contributed by atoms with Crippen molar-refractivity contribution in [2.24, 2.45) is 0 Å². The first-order valence-corrected chi connectivity index (χ1v) is 12.0. The van der Waals surface area contributed by atoms with Crippen molar-refractivity contribution in [2.45, 2.75) is 25.0 Å². The van der Waals surface area contributed by atoms with Crippen molar-refractivity contribution in [1.29, 1.82) is 0 Å². The molecule has 0 aliphatic heterocycles. The standard InChI is InChI=1S/C23H20ClN3O2S2/c1-15-18(24)8-4-10-19(15)25-21(28)14-31-23-26-20-9-3-2-7-17(20)22(29)27(23)12-11-16-6-5-13-30-16/h2-10,13H,11-12,14H2,1H3,(H,25,28). The van der Waals surface area contributed by atoms with Gasteiger partial charge >= 0.3 is 0 Å². The summed E-state index contributed by atoms with van der Waals surface area (Å²) < 4.78 is 1.67. The second-order valence-corrected chi connectivity index (χ2v) is 9.33. The van der Waals surface area contributed by atoms with E-state index in [0.29, 0.717) is 33.3 Å². The summed E-state index contributed by atoms with van der Waals surface area (Å²) in [7, 11) is 0. The highest BCUT2D eigenvalue weighted by atomic mass is 35.5. The Hall–Kier alpha value is -2.61. The fraction of sp³-hybridized carbons (Fsp3) is 0.174. The zero-order valence-corrected chi connectivity index (χ0v) is 19.2. The average Bonchev–Trinajstić information content (AvgIpc) is 3.29. The van der Waals surface area contributed by atoms with Crippen LogP contribution in [0.5, 0.6) is 0 Å². The third-order valence-electron chi connectivity index (χ3n) is 4.86. The fourth-order valence-corrected chi connectivity index (χ4v) is 4.89. The lowest BCUT2D eigenvalue weighted by molar-refractivity contribution is -0.113. The minimum absolute atomic E-state index is 0.0873. The van der Waals surface area contributed by atoms with Gasteiger partial charge in [0.25, 0.3) is 5.56 Å². The maximum atomic E-state index is 13.1. The summed E-state index contributed by atoms with van der Waals surface area (Å²) in [6, 6.07) is 16.7. The van der Waals surface area contributed by atoms with Crippen molar-refractivity contribution in [1.82, 2.24) is 9.55 Å². The van der Waals surface area contributed by atoms with Crippen molar-refractivity contribution in [3.05, 3.63) is 85.8 Å². The van der Waals surface area contributed by atoms with Gasteiger partial charge in [-0.15, -0.1) is 11.3 Å². The van der Waals surface area contributed by atoms with Crippen LogP contribution in [0.25, 0.3) is 10.9 Å². The van der Waals surface area contributed by atoms with Gasteiger partial charge in [-0.1, -0.05) is 47.6 Å². The molecule has 0 aliphatic rings. The topological polar surface area (TPSA) is 64.0 Å². The second kappa shape index (κ2) is 9.68. The predicted molar refractivity (Wildman–Crippen MR) is 130 cm³/mol. The molecule has 2 heterocycles. The van der Waals surface area contributed by atoms with Gasteiger partial charge in [0.1, 0.15) is 0 Å². The number of hydrogen-bond donors (Lipinski definition) is 1. The lowest BCUT2D eigenvalue weighted by Crippen LogP contribution is -2.25. The number of aryl methyl sites for hydroxylation is 1. The number of amides is 1. The van der Waals surface area contributed by atoms with Gasteiger partial charge in [-0.2, -0.15) is 0 Å². The van der Waals surface area contributed by atoms with E-state index < -0.39 is 0 Å². The van der Waals surface area contributed by atoms with Crippen molar-refractivity contribution < 1.29 is 4.79 Å². The van der Waals surface area contributed by atoms with Crippen LogP contribution in [-0.4, -0.2) is 21.2 Å². The summed E-state index contributed by atoms with van der Waals surface area (Å²) >= 11 is 9.06. The summed E-state index contributed by atoms with van der Waals surface area (Å²) in [6.45, 7) is 2.37. The molecule has 0 atom stereocenters. The molecule has 0 spiro atoms. The molecular formula is C23H20ClN3O2S2. The Morgan fingerprint density at radius 3 is 2.81 bits per heavy atom. The van der Waals surface area contributed by atoms with Crippen molar-refractivity contribution in [3.63, 3.8) is 0 Å². The number of nitrogens with zero attached hydrogens (tertiary/aromatic N) is 2. The number of anilines is 1. The number of thioether (sulfide) groups is 1. The fourth-order valence-electron chi connectivity index (χ4n) is 3.19. The van der Waals surface area contributed by atoms with Crippen molar-refractivity contribution in [2.75, 3.05) is 11.1 Å². The van der Waals surface area contributed by atoms with Crippen LogP contribution in [0.2, 0.25) is 5.02 Å². The summed E-state index contributed by atoms with van der Waals surface area (Å²) in [5.74, 6) is -0.0435. The van der Waals surface area contributed by atoms with Gasteiger partial charge < -0.3 is 5.32 Å². The molecule has 4 rings (SSSR count). The van der Waals surface area contributed by atoms with Gasteiger partial charge in [-0.3, -0.25) is 14.2 Å². The molecule has 0 unspecified atom stereocenters. The molecule has 0 aliphatic carbocycles. The number of benzene rings is 2. The molecule has 31 heavy (non-hydrogen) atoms. The van der Waals surface area contributed by atoms with Crippen LogP contribution in [-0.2, 0) is 17.8 Å². The molecule has 8 heteroatoms. The van der Waals surface area contributed by atoms with Crippen LogP contribution >= 0.6 is 34.7 Å². The number of fused-ring (bicyclic) bond motifs is 1. The summed E-state index contributed by atoms with van der Waals surface area (Å²) in [5.41, 5.74) is 2.04. The zero-order valence-electron chi connectivity index (χ0n) is 16.8. The Kier molecular flexibility index (Phi) is 6.75. The molecule has 0 bridgehead atoms. The predicted octanol–water partition coefficient (Wildman–Crippen LogP) is 5.39. The third-order valence-corrected chi connectivity index (χ3v) is 7.18. The molecule has 0 saturated heterocycles. The number of thiophene rings is 1. The van der Waals surface area contributed by atoms with Crippen LogP contribution in [0.15, 0.2) is 69.9 Å². The van der Waals surface area contributed by atoms with E-state index in [1.807, 2.05) is 42.6 Å². The first-order chi connectivity index (χ1) is 15.0. The molecule has 1 N–H and O–H groups in total. The van der Waals surface area contributed by atoms with Crippen LogP contribution in [0, 0.1) is 6.92 Å². The maximum Gasteiger partial charge on any atom is 0.262 e. The minimum atomic E-state index is -0.178. The smallest absolute Gasteiger partial charge is 0.262 e. The summed E-state index contributed by atoms with van der Waals surface area (Å²) in [4.78, 5) is 31.6. The van der Waals surface area contributed by atoms with Crippen LogP contribution in [0.4, 0.5) is 5.69 Å². The Morgan fingerprint density at radius 1 is 1.16 bits per heavy atom. The number of hydrogen-bond acceptors (Lipinski definition) is 5. The minimum Gasteiger partial charge on any atom is -0.325 e. The molecule has 158 valence electrons. The molecule has 4 aromatic rings. The Balaban J connectivity index is 1.56. The third kappa shape index (κ3) is 5.01. The van der Waals surface area contributed by atoms with E-state index in [1.54, 1.807) is 34.1 Å². The average molecular weight is 470 g/mol. The van der Waals surface area contributed by atoms with E-state index in [4.69, 9.17) is 11.6 Å². The van der Waals surface area contributed by atoms with Gasteiger partial charge in [0, 0.05) is 22.1 Å². The van der Waals surface area contributed by atoms with E-state index >= 15 is 0 Å². The first-order valence-electron chi connectivity index (χ1n) is 9.72. The largest absolute Gasteiger partial charge is 0.325 e. The zero-order chi connectivity index (χ0) is 21.8. The van der Waals surface area contributed by atoms with Crippen molar-refractivity contribution >= 4 is 57.2 Å². The van der Waals surface area contributed by atoms with Gasteiger partial charge in [-0.05, 0) is 54.6 Å². The summed E-state index contributed by atoms with van der Waals surface area (Å²) in [5, 5.41) is 6.63. The number of rotatable bonds is 7. The van der Waals surface area contributed by atoms with E-state index in [1.165, 1.54) is 16.6 Å². The van der Waals surface area contributed by atoms with Gasteiger partial charge in [0.2, 0.25) is 5.91 Å². The number of carbonyl (C=O) groups excluding carboxylic acids is 1. The lowest BCUT2D eigenvalue weighted by Gasteiger charge is -2.13. The van der Waals surface area contributed by atoms with Gasteiger partial charge in [0.15, 0.2) is 5.16 Å². The SMILES string of the molecule is Cc1c(Cl)cccc1NC(=O)CSc1nc2ccccc2c(=O)n1CCc1cccs1. The highest BCUT2D eigenvalue weighted by Crippen LogP contribution is 2.24. The van der Waals surface area contributed by atoms with E-state index in [2.05, 4.69) is 16.4 Å². The maximum absolute atomic E-state index is 13.1. The number of aromatic nitrogens is 2. The van der Waals surface area contributed by atoms with Crippen LogP contribution < -0.4 is 10.9 Å².